The molecule has 5 nitrogen and oxygen atoms in total. The number of imidazole rings is 1. The number of nitrogens with zero attached hydrogens (tertiary/aromatic N) is 2. The van der Waals surface area contributed by atoms with Gasteiger partial charge in [0.2, 0.25) is 0 Å². The number of halogens is 2. The Morgan fingerprint density at radius 1 is 0.914 bits per heavy atom. The number of carbonyl (C=O) groups is 2. The van der Waals surface area contributed by atoms with Crippen molar-refractivity contribution < 1.29 is 23.1 Å². The van der Waals surface area contributed by atoms with Crippen LogP contribution in [0.1, 0.15) is 50.5 Å². The number of aromatic nitrogens is 2. The first-order valence-electron chi connectivity index (χ1n) is 11.2. The minimum Gasteiger partial charge on any atom is -0.461 e. The molecule has 1 aromatic heterocycles. The molecule has 0 amide bonds. The highest BCUT2D eigenvalue weighted by atomic mass is 19.1. The zero-order chi connectivity index (χ0) is 24.9. The number of ether oxygens (including phenoxy) is 1. The molecule has 7 heteroatoms. The second-order valence-corrected chi connectivity index (χ2v) is 8.16. The maximum Gasteiger partial charge on any atom is 0.358 e. The second-order valence-electron chi connectivity index (χ2n) is 8.16. The first-order chi connectivity index (χ1) is 16.9. The van der Waals surface area contributed by atoms with Crippen molar-refractivity contribution in [1.82, 2.24) is 9.55 Å². The Hall–Kier alpha value is -4.13. The molecule has 0 aliphatic carbocycles. The van der Waals surface area contributed by atoms with Crippen LogP contribution in [0.5, 0.6) is 0 Å². The van der Waals surface area contributed by atoms with Crippen molar-refractivity contribution in [3.05, 3.63) is 119 Å². The van der Waals surface area contributed by atoms with E-state index in [4.69, 9.17) is 4.74 Å². The maximum absolute atomic E-state index is 13.8. The smallest absolute Gasteiger partial charge is 0.358 e. The van der Waals surface area contributed by atoms with Crippen molar-refractivity contribution in [3.63, 3.8) is 0 Å². The van der Waals surface area contributed by atoms with E-state index >= 15 is 0 Å². The van der Waals surface area contributed by atoms with Crippen molar-refractivity contribution in [2.45, 2.75) is 26.2 Å². The predicted molar refractivity (Wildman–Crippen MR) is 128 cm³/mol. The molecule has 1 heterocycles. The van der Waals surface area contributed by atoms with Gasteiger partial charge in [-0.1, -0.05) is 29.8 Å². The molecular formula is C28H24F2N2O3. The van der Waals surface area contributed by atoms with E-state index in [1.54, 1.807) is 23.6 Å². The summed E-state index contributed by atoms with van der Waals surface area (Å²) < 4.78 is 34.0. The molecule has 4 rings (SSSR count). The number of ketones is 1. The fourth-order valence-corrected chi connectivity index (χ4v) is 3.94. The predicted octanol–water partition coefficient (Wildman–Crippen LogP) is 5.84. The number of hydrogen-bond donors (Lipinski definition) is 0. The van der Waals surface area contributed by atoms with Gasteiger partial charge in [-0.05, 0) is 74.4 Å². The molecule has 1 unspecified atom stereocenters. The molecule has 4 aromatic rings. The van der Waals surface area contributed by atoms with Gasteiger partial charge in [-0.15, -0.1) is 0 Å². The fourth-order valence-electron chi connectivity index (χ4n) is 3.94. The van der Waals surface area contributed by atoms with Gasteiger partial charge >= 0.3 is 5.97 Å². The van der Waals surface area contributed by atoms with Gasteiger partial charge in [-0.2, -0.15) is 0 Å². The number of aryl methyl sites for hydroxylation is 1. The molecule has 35 heavy (non-hydrogen) atoms. The molecular weight excluding hydrogens is 450 g/mol. The third-order valence-electron chi connectivity index (χ3n) is 5.71. The van der Waals surface area contributed by atoms with E-state index in [1.165, 1.54) is 42.7 Å². The largest absolute Gasteiger partial charge is 0.461 e. The molecule has 0 radical (unpaired) electrons. The van der Waals surface area contributed by atoms with Crippen LogP contribution in [0.4, 0.5) is 8.78 Å². The van der Waals surface area contributed by atoms with Crippen LogP contribution in [0.2, 0.25) is 0 Å². The van der Waals surface area contributed by atoms with E-state index in [-0.39, 0.29) is 30.1 Å². The van der Waals surface area contributed by atoms with E-state index in [2.05, 4.69) is 4.98 Å². The Morgan fingerprint density at radius 3 is 2.11 bits per heavy atom. The molecule has 0 fully saturated rings. The Morgan fingerprint density at radius 2 is 1.51 bits per heavy atom. The minimum atomic E-state index is -0.880. The molecule has 3 aromatic carbocycles. The van der Waals surface area contributed by atoms with Crippen LogP contribution in [0.3, 0.4) is 0 Å². The van der Waals surface area contributed by atoms with Crippen LogP contribution in [0.25, 0.3) is 5.69 Å². The molecule has 0 saturated carbocycles. The van der Waals surface area contributed by atoms with Gasteiger partial charge in [0.15, 0.2) is 11.5 Å². The molecule has 0 saturated heterocycles. The third kappa shape index (κ3) is 5.35. The van der Waals surface area contributed by atoms with E-state index < -0.39 is 23.5 Å². The van der Waals surface area contributed by atoms with Crippen LogP contribution < -0.4 is 0 Å². The average molecular weight is 475 g/mol. The lowest BCUT2D eigenvalue weighted by molar-refractivity contribution is 0.0518. The molecule has 0 spiro atoms. The Labute approximate surface area is 202 Å². The van der Waals surface area contributed by atoms with Gasteiger partial charge < -0.3 is 9.30 Å². The van der Waals surface area contributed by atoms with Crippen molar-refractivity contribution in [3.8, 4) is 5.69 Å². The fraction of sp³-hybridized carbons (Fsp3) is 0.179. The quantitative estimate of drug-likeness (QED) is 0.238. The number of Topliss-reactive ketones (excluding diaryl/α,β-unsaturated/α-hetero) is 1. The number of benzene rings is 3. The monoisotopic (exact) mass is 474 g/mol. The van der Waals surface area contributed by atoms with E-state index in [9.17, 15) is 18.4 Å². The van der Waals surface area contributed by atoms with Gasteiger partial charge in [0.25, 0.3) is 0 Å². The summed E-state index contributed by atoms with van der Waals surface area (Å²) in [6, 6.07) is 18.6. The molecule has 1 atom stereocenters. The van der Waals surface area contributed by atoms with Gasteiger partial charge in [0.05, 0.1) is 18.2 Å². The van der Waals surface area contributed by atoms with Crippen LogP contribution in [-0.2, 0) is 11.2 Å². The highest BCUT2D eigenvalue weighted by Gasteiger charge is 2.32. The van der Waals surface area contributed by atoms with Crippen molar-refractivity contribution in [2.24, 2.45) is 0 Å². The average Bonchev–Trinajstić information content (AvgIpc) is 3.29. The zero-order valence-corrected chi connectivity index (χ0v) is 19.4. The lowest BCUT2D eigenvalue weighted by atomic mass is 9.87. The number of esters is 1. The van der Waals surface area contributed by atoms with Crippen molar-refractivity contribution in [2.75, 3.05) is 6.61 Å². The van der Waals surface area contributed by atoms with Gasteiger partial charge in [0, 0.05) is 11.3 Å². The summed E-state index contributed by atoms with van der Waals surface area (Å²) in [5.41, 5.74) is 3.11. The van der Waals surface area contributed by atoms with Crippen LogP contribution in [0, 0.1) is 18.6 Å². The van der Waals surface area contributed by atoms with Crippen LogP contribution in [-0.4, -0.2) is 27.9 Å². The summed E-state index contributed by atoms with van der Waals surface area (Å²) in [5, 5.41) is 0. The highest BCUT2D eigenvalue weighted by molar-refractivity contribution is 6.02. The normalized spacial score (nSPS) is 11.8. The summed E-state index contributed by atoms with van der Waals surface area (Å²) in [7, 11) is 0. The van der Waals surface area contributed by atoms with Gasteiger partial charge in [-0.3, -0.25) is 4.79 Å². The van der Waals surface area contributed by atoms with Crippen LogP contribution in [0.15, 0.2) is 79.1 Å². The first-order valence-corrected chi connectivity index (χ1v) is 11.2. The maximum atomic E-state index is 13.8. The molecule has 0 N–H and O–H groups in total. The lowest BCUT2D eigenvalue weighted by Crippen LogP contribution is -2.22. The van der Waals surface area contributed by atoms with Crippen molar-refractivity contribution >= 4 is 11.8 Å². The Balaban J connectivity index is 1.90. The zero-order valence-electron chi connectivity index (χ0n) is 19.4. The van der Waals surface area contributed by atoms with E-state index in [0.717, 1.165) is 5.56 Å². The third-order valence-corrected chi connectivity index (χ3v) is 5.71. The van der Waals surface area contributed by atoms with Crippen molar-refractivity contribution in [1.29, 1.82) is 0 Å². The molecule has 0 aliphatic rings. The SMILES string of the molecule is CCOC(=O)c1ncn(-c2ccc(C)cc2)c1C(Cc1ccc(F)cc1)C(=O)c1ccc(F)cc1. The standard InChI is InChI=1S/C28H24F2N2O3/c1-3-35-28(34)25-26(32(17-31-25)23-14-4-18(2)5-15-23)24(16-19-6-10-21(29)11-7-19)27(33)20-8-12-22(30)13-9-20/h4-15,17,24H,3,16H2,1-2H3. The second kappa shape index (κ2) is 10.4. The number of hydrogen-bond acceptors (Lipinski definition) is 4. The summed E-state index contributed by atoms with van der Waals surface area (Å²) in [5.74, 6) is -2.71. The molecule has 0 aliphatic heterocycles. The minimum absolute atomic E-state index is 0.0231. The van der Waals surface area contributed by atoms with Crippen LogP contribution >= 0.6 is 0 Å². The summed E-state index contributed by atoms with van der Waals surface area (Å²) in [6.45, 7) is 3.79. The highest BCUT2D eigenvalue weighted by Crippen LogP contribution is 2.31. The van der Waals surface area contributed by atoms with E-state index in [1.807, 2.05) is 31.2 Å². The van der Waals surface area contributed by atoms with E-state index in [0.29, 0.717) is 16.9 Å². The Bertz CT molecular complexity index is 1330. The Kier molecular flexibility index (Phi) is 7.15. The van der Waals surface area contributed by atoms with Gasteiger partial charge in [-0.25, -0.2) is 18.6 Å². The first kappa shape index (κ1) is 24.0. The summed E-state index contributed by atoms with van der Waals surface area (Å²) in [6.07, 6.45) is 1.66. The lowest BCUT2D eigenvalue weighted by Gasteiger charge is -2.20. The van der Waals surface area contributed by atoms with Gasteiger partial charge in [0.1, 0.15) is 18.0 Å². The molecule has 0 bridgehead atoms. The summed E-state index contributed by atoms with van der Waals surface area (Å²) >= 11 is 0. The number of carbonyl (C=O) groups excluding carboxylic acids is 2. The summed E-state index contributed by atoms with van der Waals surface area (Å²) in [4.78, 5) is 31.0. The molecule has 178 valence electrons. The number of rotatable bonds is 8. The topological polar surface area (TPSA) is 61.2 Å².